The maximum Gasteiger partial charge on any atom is 0.0670 e. The Hall–Kier alpha value is -0.0800. The van der Waals surface area contributed by atoms with Crippen molar-refractivity contribution >= 4 is 0 Å². The van der Waals surface area contributed by atoms with Crippen LogP contribution in [0.25, 0.3) is 0 Å². The summed E-state index contributed by atoms with van der Waals surface area (Å²) in [6.07, 6.45) is 6.61. The van der Waals surface area contributed by atoms with E-state index in [0.29, 0.717) is 0 Å². The molecule has 3 N–H and O–H groups in total. The third kappa shape index (κ3) is 0.882. The van der Waals surface area contributed by atoms with Crippen molar-refractivity contribution in [2.45, 2.75) is 49.7 Å². The minimum Gasteiger partial charge on any atom is -0.390 e. The van der Waals surface area contributed by atoms with E-state index in [1.54, 1.807) is 0 Å². The molecule has 4 bridgehead atoms. The van der Waals surface area contributed by atoms with Crippen LogP contribution in [-0.4, -0.2) is 16.2 Å². The maximum absolute atomic E-state index is 10.2. The number of nitrogens with two attached hydrogens (primary N) is 1. The lowest BCUT2D eigenvalue weighted by Gasteiger charge is -2.58. The Bertz CT molecular complexity index is 192. The molecule has 0 aromatic heterocycles. The first kappa shape index (κ1) is 7.34. The van der Waals surface area contributed by atoms with Gasteiger partial charge in [0.15, 0.2) is 0 Å². The van der Waals surface area contributed by atoms with Gasteiger partial charge in [-0.15, -0.1) is 0 Å². The Morgan fingerprint density at radius 2 is 1.67 bits per heavy atom. The summed E-state index contributed by atoms with van der Waals surface area (Å²) in [4.78, 5) is 0. The van der Waals surface area contributed by atoms with Gasteiger partial charge < -0.3 is 10.8 Å². The molecule has 0 aliphatic heterocycles. The van der Waals surface area contributed by atoms with Gasteiger partial charge in [0.2, 0.25) is 0 Å². The monoisotopic (exact) mass is 167 g/mol. The molecule has 4 aliphatic carbocycles. The van der Waals surface area contributed by atoms with Gasteiger partial charge in [-0.2, -0.15) is 0 Å². The molecule has 4 saturated carbocycles. The number of hydrogen-bond donors (Lipinski definition) is 2. The Labute approximate surface area is 73.1 Å². The SMILES string of the molecule is NC12CC3C[C@H](C1)CC(O)(C3)C2. The van der Waals surface area contributed by atoms with Crippen LogP contribution in [-0.2, 0) is 0 Å². The second kappa shape index (κ2) is 1.88. The van der Waals surface area contributed by atoms with Crippen molar-refractivity contribution in [1.29, 1.82) is 0 Å². The van der Waals surface area contributed by atoms with Crippen LogP contribution in [0.4, 0.5) is 0 Å². The second-order valence-electron chi connectivity index (χ2n) is 5.55. The van der Waals surface area contributed by atoms with E-state index >= 15 is 0 Å². The molecule has 0 aromatic carbocycles. The molecule has 2 heteroatoms. The van der Waals surface area contributed by atoms with E-state index in [4.69, 9.17) is 5.73 Å². The van der Waals surface area contributed by atoms with Gasteiger partial charge in [0.1, 0.15) is 0 Å². The highest BCUT2D eigenvalue weighted by atomic mass is 16.3. The summed E-state index contributed by atoms with van der Waals surface area (Å²) in [7, 11) is 0. The van der Waals surface area contributed by atoms with Gasteiger partial charge >= 0.3 is 0 Å². The average molecular weight is 167 g/mol. The Kier molecular flexibility index (Phi) is 1.15. The molecule has 0 saturated heterocycles. The highest BCUT2D eigenvalue weighted by Crippen LogP contribution is 2.56. The van der Waals surface area contributed by atoms with Gasteiger partial charge in [-0.25, -0.2) is 0 Å². The summed E-state index contributed by atoms with van der Waals surface area (Å²) in [6.45, 7) is 0. The quantitative estimate of drug-likeness (QED) is 0.566. The van der Waals surface area contributed by atoms with Crippen molar-refractivity contribution in [2.24, 2.45) is 17.6 Å². The lowest BCUT2D eigenvalue weighted by Crippen LogP contribution is -2.62. The van der Waals surface area contributed by atoms with Crippen LogP contribution in [0.2, 0.25) is 0 Å². The fourth-order valence-corrected chi connectivity index (χ4v) is 4.28. The molecule has 0 radical (unpaired) electrons. The van der Waals surface area contributed by atoms with Crippen molar-refractivity contribution in [3.8, 4) is 0 Å². The van der Waals surface area contributed by atoms with Crippen molar-refractivity contribution in [3.63, 3.8) is 0 Å². The summed E-state index contributed by atoms with van der Waals surface area (Å²) < 4.78 is 0. The molecule has 12 heavy (non-hydrogen) atoms. The van der Waals surface area contributed by atoms with Crippen LogP contribution in [0.3, 0.4) is 0 Å². The summed E-state index contributed by atoms with van der Waals surface area (Å²) in [5.41, 5.74) is 5.90. The molecular weight excluding hydrogens is 150 g/mol. The zero-order valence-corrected chi connectivity index (χ0v) is 7.42. The lowest BCUT2D eigenvalue weighted by molar-refractivity contribution is -0.133. The Morgan fingerprint density at radius 3 is 2.08 bits per heavy atom. The molecule has 4 aliphatic rings. The third-order valence-corrected chi connectivity index (χ3v) is 4.08. The molecule has 0 amide bonds. The van der Waals surface area contributed by atoms with Gasteiger partial charge in [0.25, 0.3) is 0 Å². The van der Waals surface area contributed by atoms with E-state index in [1.807, 2.05) is 0 Å². The van der Waals surface area contributed by atoms with E-state index in [9.17, 15) is 5.11 Å². The fourth-order valence-electron chi connectivity index (χ4n) is 4.28. The molecule has 4 fully saturated rings. The molecule has 4 atom stereocenters. The van der Waals surface area contributed by atoms with E-state index < -0.39 is 0 Å². The van der Waals surface area contributed by atoms with E-state index in [1.165, 1.54) is 19.3 Å². The summed E-state index contributed by atoms with van der Waals surface area (Å²) in [6, 6.07) is 0. The van der Waals surface area contributed by atoms with E-state index in [0.717, 1.165) is 31.1 Å². The van der Waals surface area contributed by atoms with Crippen LogP contribution in [0.5, 0.6) is 0 Å². The third-order valence-electron chi connectivity index (χ3n) is 4.08. The largest absolute Gasteiger partial charge is 0.390 e. The summed E-state index contributed by atoms with van der Waals surface area (Å²) in [5, 5.41) is 10.2. The van der Waals surface area contributed by atoms with E-state index in [-0.39, 0.29) is 11.1 Å². The maximum atomic E-state index is 10.2. The van der Waals surface area contributed by atoms with Crippen LogP contribution in [0, 0.1) is 11.8 Å². The predicted molar refractivity (Wildman–Crippen MR) is 46.6 cm³/mol. The molecule has 2 nitrogen and oxygen atoms in total. The van der Waals surface area contributed by atoms with Gasteiger partial charge in [0, 0.05) is 5.54 Å². The Balaban J connectivity index is 1.98. The highest BCUT2D eigenvalue weighted by Gasteiger charge is 2.55. The first-order valence-corrected chi connectivity index (χ1v) is 5.08. The van der Waals surface area contributed by atoms with Crippen LogP contribution in [0.15, 0.2) is 0 Å². The van der Waals surface area contributed by atoms with Gasteiger partial charge in [-0.05, 0) is 50.4 Å². The van der Waals surface area contributed by atoms with Crippen molar-refractivity contribution < 1.29 is 5.11 Å². The molecule has 0 aromatic rings. The molecular formula is C10H17NO. The molecule has 3 unspecified atom stereocenters. The zero-order chi connectivity index (χ0) is 8.40. The normalized spacial score (nSPS) is 62.5. The topological polar surface area (TPSA) is 46.2 Å². The van der Waals surface area contributed by atoms with Gasteiger partial charge in [-0.1, -0.05) is 0 Å². The van der Waals surface area contributed by atoms with Crippen molar-refractivity contribution in [2.75, 3.05) is 0 Å². The van der Waals surface area contributed by atoms with Crippen molar-refractivity contribution in [3.05, 3.63) is 0 Å². The summed E-state index contributed by atoms with van der Waals surface area (Å²) in [5.74, 6) is 1.47. The smallest absolute Gasteiger partial charge is 0.0670 e. The molecule has 0 heterocycles. The van der Waals surface area contributed by atoms with Crippen LogP contribution in [0.1, 0.15) is 38.5 Å². The fraction of sp³-hybridized carbons (Fsp3) is 1.00. The minimum absolute atomic E-state index is 0.0127. The van der Waals surface area contributed by atoms with Gasteiger partial charge in [0.05, 0.1) is 5.60 Å². The molecule has 0 spiro atoms. The molecule has 4 rings (SSSR count). The summed E-state index contributed by atoms with van der Waals surface area (Å²) >= 11 is 0. The Morgan fingerprint density at radius 1 is 1.08 bits per heavy atom. The average Bonchev–Trinajstić information content (AvgIpc) is 1.75. The highest BCUT2D eigenvalue weighted by molar-refractivity contribution is 5.10. The minimum atomic E-state index is -0.362. The first-order chi connectivity index (χ1) is 5.57. The first-order valence-electron chi connectivity index (χ1n) is 5.08. The number of rotatable bonds is 0. The van der Waals surface area contributed by atoms with E-state index in [2.05, 4.69) is 0 Å². The number of hydrogen-bond acceptors (Lipinski definition) is 2. The second-order valence-corrected chi connectivity index (χ2v) is 5.55. The van der Waals surface area contributed by atoms with Crippen LogP contribution < -0.4 is 5.73 Å². The molecule has 68 valence electrons. The lowest BCUT2D eigenvalue weighted by atomic mass is 9.51. The van der Waals surface area contributed by atoms with Crippen molar-refractivity contribution in [1.82, 2.24) is 0 Å². The zero-order valence-electron chi connectivity index (χ0n) is 7.42. The van der Waals surface area contributed by atoms with Crippen LogP contribution >= 0.6 is 0 Å². The standard InChI is InChI=1S/C10H17NO/c11-9-2-7-1-8(3-9)5-10(12,4-7)6-9/h7-8,12H,1-6,11H2/t7-,8?,9?,10?/m1/s1. The van der Waals surface area contributed by atoms with Gasteiger partial charge in [-0.3, -0.25) is 0 Å². The number of aliphatic hydroxyl groups is 1. The predicted octanol–water partition coefficient (Wildman–Crippen LogP) is 1.03.